The molecule has 0 aliphatic rings. The van der Waals surface area contributed by atoms with Crippen molar-refractivity contribution in [1.82, 2.24) is 9.78 Å². The minimum Gasteiger partial charge on any atom is -0.455 e. The molecule has 1 N–H and O–H groups in total. The number of methoxy groups -OCH3 is 1. The number of carbonyl (C=O) groups is 1. The predicted octanol–water partition coefficient (Wildman–Crippen LogP) is 3.90. The zero-order valence-corrected chi connectivity index (χ0v) is 16.8. The van der Waals surface area contributed by atoms with Crippen LogP contribution in [0.3, 0.4) is 0 Å². The highest BCUT2D eigenvalue weighted by Gasteiger charge is 2.14. The van der Waals surface area contributed by atoms with E-state index in [1.165, 1.54) is 23.9 Å². The first-order valence-electron chi connectivity index (χ1n) is 8.89. The van der Waals surface area contributed by atoms with E-state index < -0.39 is 5.91 Å². The number of benzene rings is 2. The number of halogens is 1. The lowest BCUT2D eigenvalue weighted by molar-refractivity contribution is 0.101. The third kappa shape index (κ3) is 5.43. The Balaban J connectivity index is 1.84. The maximum atomic E-state index is 12.7. The number of nitrogens with zero attached hydrogens (tertiary/aromatic N) is 2. The number of aromatic nitrogens is 2. The van der Waals surface area contributed by atoms with Gasteiger partial charge in [-0.2, -0.15) is 5.10 Å². The van der Waals surface area contributed by atoms with Gasteiger partial charge in [0, 0.05) is 18.2 Å². The first-order valence-corrected chi connectivity index (χ1v) is 9.26. The molecule has 0 radical (unpaired) electrons. The Labute approximate surface area is 172 Å². The van der Waals surface area contributed by atoms with Crippen LogP contribution in [0.2, 0.25) is 5.02 Å². The first kappa shape index (κ1) is 20.6. The molecular formula is C21H20ClN3O4. The molecule has 0 saturated carbocycles. The van der Waals surface area contributed by atoms with Crippen molar-refractivity contribution in [3.63, 3.8) is 0 Å². The molecule has 7 nitrogen and oxygen atoms in total. The number of nitrogens with one attached hydrogen (secondary N) is 1. The summed E-state index contributed by atoms with van der Waals surface area (Å²) in [6.45, 7) is 2.53. The third-order valence-corrected chi connectivity index (χ3v) is 4.28. The summed E-state index contributed by atoms with van der Waals surface area (Å²) in [6.07, 6.45) is 0. The normalized spacial score (nSPS) is 10.6. The molecular weight excluding hydrogens is 394 g/mol. The van der Waals surface area contributed by atoms with Gasteiger partial charge in [-0.1, -0.05) is 29.3 Å². The van der Waals surface area contributed by atoms with E-state index in [0.29, 0.717) is 28.8 Å². The summed E-state index contributed by atoms with van der Waals surface area (Å²) in [4.78, 5) is 24.6. The molecule has 0 fully saturated rings. The highest BCUT2D eigenvalue weighted by Crippen LogP contribution is 2.32. The van der Waals surface area contributed by atoms with Gasteiger partial charge in [0.15, 0.2) is 5.75 Å². The van der Waals surface area contributed by atoms with Gasteiger partial charge in [0.1, 0.15) is 11.4 Å². The molecule has 0 spiro atoms. The van der Waals surface area contributed by atoms with Gasteiger partial charge >= 0.3 is 0 Å². The van der Waals surface area contributed by atoms with E-state index in [1.807, 2.05) is 31.2 Å². The lowest BCUT2D eigenvalue weighted by atomic mass is 10.2. The second-order valence-electron chi connectivity index (χ2n) is 6.28. The molecule has 0 bridgehead atoms. The molecule has 29 heavy (non-hydrogen) atoms. The maximum Gasteiger partial charge on any atom is 0.276 e. The Bertz CT molecular complexity index is 1060. The minimum atomic E-state index is -0.493. The van der Waals surface area contributed by atoms with Gasteiger partial charge in [0.05, 0.1) is 18.8 Å². The molecule has 2 aromatic carbocycles. The van der Waals surface area contributed by atoms with Gasteiger partial charge in [-0.3, -0.25) is 9.59 Å². The van der Waals surface area contributed by atoms with Crippen LogP contribution in [-0.4, -0.2) is 29.4 Å². The molecule has 1 amide bonds. The van der Waals surface area contributed by atoms with Crippen molar-refractivity contribution in [3.8, 4) is 11.5 Å². The number of anilines is 1. The van der Waals surface area contributed by atoms with Gasteiger partial charge in [-0.15, -0.1) is 0 Å². The molecule has 0 saturated heterocycles. The van der Waals surface area contributed by atoms with Crippen molar-refractivity contribution in [1.29, 1.82) is 0 Å². The summed E-state index contributed by atoms with van der Waals surface area (Å²) in [7, 11) is 1.52. The number of ether oxygens (including phenoxy) is 2. The largest absolute Gasteiger partial charge is 0.455 e. The molecule has 3 aromatic rings. The Morgan fingerprint density at radius 1 is 1.14 bits per heavy atom. The van der Waals surface area contributed by atoms with Crippen molar-refractivity contribution >= 4 is 23.2 Å². The lowest BCUT2D eigenvalue weighted by Gasteiger charge is -2.13. The van der Waals surface area contributed by atoms with Gasteiger partial charge in [-0.25, -0.2) is 4.68 Å². The number of carbonyl (C=O) groups excluding carboxylic acids is 1. The third-order valence-electron chi connectivity index (χ3n) is 4.05. The zero-order chi connectivity index (χ0) is 20.8. The number of hydrogen-bond acceptors (Lipinski definition) is 5. The van der Waals surface area contributed by atoms with Gasteiger partial charge in [-0.05, 0) is 43.3 Å². The van der Waals surface area contributed by atoms with Crippen LogP contribution in [-0.2, 0) is 11.3 Å². The van der Waals surface area contributed by atoms with Gasteiger partial charge < -0.3 is 14.8 Å². The predicted molar refractivity (Wildman–Crippen MR) is 111 cm³/mol. The van der Waals surface area contributed by atoms with Crippen LogP contribution in [0.1, 0.15) is 16.1 Å². The maximum absolute atomic E-state index is 12.7. The Morgan fingerprint density at radius 3 is 2.62 bits per heavy atom. The van der Waals surface area contributed by atoms with Crippen LogP contribution in [0.25, 0.3) is 0 Å². The van der Waals surface area contributed by atoms with E-state index in [-0.39, 0.29) is 17.8 Å². The van der Waals surface area contributed by atoms with Crippen LogP contribution >= 0.6 is 11.6 Å². The summed E-state index contributed by atoms with van der Waals surface area (Å²) >= 11 is 6.09. The van der Waals surface area contributed by atoms with Crippen LogP contribution < -0.4 is 15.6 Å². The number of aryl methyl sites for hydroxylation is 1. The Morgan fingerprint density at radius 2 is 1.90 bits per heavy atom. The standard InChI is InChI=1S/C21H20ClN3O4/c1-14-3-6-16(7-4-14)29-19-9-5-15(22)13-18(19)23-21(27)17-8-10-20(26)25(24-17)11-12-28-2/h3-10,13H,11-12H2,1-2H3,(H,23,27). The smallest absolute Gasteiger partial charge is 0.276 e. The molecule has 1 heterocycles. The zero-order valence-electron chi connectivity index (χ0n) is 16.0. The van der Waals surface area contributed by atoms with Crippen molar-refractivity contribution in [2.75, 3.05) is 19.0 Å². The molecule has 0 atom stereocenters. The van der Waals surface area contributed by atoms with E-state index in [4.69, 9.17) is 21.1 Å². The second kappa shape index (κ2) is 9.36. The average Bonchev–Trinajstić information content (AvgIpc) is 2.71. The quantitative estimate of drug-likeness (QED) is 0.635. The van der Waals surface area contributed by atoms with Gasteiger partial charge in [0.2, 0.25) is 0 Å². The fourth-order valence-electron chi connectivity index (χ4n) is 2.52. The molecule has 150 valence electrons. The van der Waals surface area contributed by atoms with E-state index in [2.05, 4.69) is 10.4 Å². The molecule has 0 unspecified atom stereocenters. The molecule has 0 aliphatic carbocycles. The Kier molecular flexibility index (Phi) is 6.64. The summed E-state index contributed by atoms with van der Waals surface area (Å²) in [5, 5.41) is 7.27. The minimum absolute atomic E-state index is 0.0852. The summed E-state index contributed by atoms with van der Waals surface area (Å²) in [5.41, 5.74) is 1.27. The number of amides is 1. The number of rotatable bonds is 7. The van der Waals surface area contributed by atoms with E-state index in [1.54, 1.807) is 18.2 Å². The molecule has 3 rings (SSSR count). The van der Waals surface area contributed by atoms with E-state index in [9.17, 15) is 9.59 Å². The molecule has 0 aliphatic heterocycles. The van der Waals surface area contributed by atoms with Crippen LogP contribution in [0.15, 0.2) is 59.4 Å². The van der Waals surface area contributed by atoms with E-state index in [0.717, 1.165) is 5.56 Å². The van der Waals surface area contributed by atoms with Crippen LogP contribution in [0, 0.1) is 6.92 Å². The van der Waals surface area contributed by atoms with Gasteiger partial charge in [0.25, 0.3) is 11.5 Å². The fraction of sp³-hybridized carbons (Fsp3) is 0.190. The average molecular weight is 414 g/mol. The second-order valence-corrected chi connectivity index (χ2v) is 6.72. The number of hydrogen-bond donors (Lipinski definition) is 1. The molecule has 1 aromatic heterocycles. The highest BCUT2D eigenvalue weighted by atomic mass is 35.5. The van der Waals surface area contributed by atoms with Crippen molar-refractivity contribution in [2.24, 2.45) is 0 Å². The van der Waals surface area contributed by atoms with Crippen LogP contribution in [0.4, 0.5) is 5.69 Å². The Hall–Kier alpha value is -3.16. The summed E-state index contributed by atoms with van der Waals surface area (Å²) < 4.78 is 12.0. The lowest BCUT2D eigenvalue weighted by Crippen LogP contribution is -2.27. The fourth-order valence-corrected chi connectivity index (χ4v) is 2.69. The van der Waals surface area contributed by atoms with E-state index >= 15 is 0 Å². The highest BCUT2D eigenvalue weighted by molar-refractivity contribution is 6.31. The van der Waals surface area contributed by atoms with Crippen molar-refractivity contribution in [2.45, 2.75) is 13.5 Å². The summed E-state index contributed by atoms with van der Waals surface area (Å²) in [5.74, 6) is 0.561. The topological polar surface area (TPSA) is 82.5 Å². The van der Waals surface area contributed by atoms with Crippen LogP contribution in [0.5, 0.6) is 11.5 Å². The SMILES string of the molecule is COCCn1nc(C(=O)Nc2cc(Cl)ccc2Oc2ccc(C)cc2)ccc1=O. The summed E-state index contributed by atoms with van der Waals surface area (Å²) in [6, 6.07) is 15.1. The first-order chi connectivity index (χ1) is 14.0. The van der Waals surface area contributed by atoms with Crippen molar-refractivity contribution < 1.29 is 14.3 Å². The van der Waals surface area contributed by atoms with Crippen molar-refractivity contribution in [3.05, 3.63) is 81.2 Å². The molecule has 8 heteroatoms. The monoisotopic (exact) mass is 413 g/mol.